The molecule has 2 aromatic carbocycles. The van der Waals surface area contributed by atoms with Gasteiger partial charge in [-0.2, -0.15) is 0 Å². The van der Waals surface area contributed by atoms with Crippen molar-refractivity contribution in [1.29, 1.82) is 0 Å². The number of anilines is 1. The molecule has 3 nitrogen and oxygen atoms in total. The predicted octanol–water partition coefficient (Wildman–Crippen LogP) is 4.39. The molecule has 0 saturated carbocycles. The van der Waals surface area contributed by atoms with E-state index < -0.39 is 0 Å². The number of nitrogens with one attached hydrogen (secondary N) is 1. The highest BCUT2D eigenvalue weighted by Crippen LogP contribution is 2.24. The van der Waals surface area contributed by atoms with Crippen LogP contribution in [0.5, 0.6) is 5.75 Å². The van der Waals surface area contributed by atoms with Crippen molar-refractivity contribution in [3.05, 3.63) is 57.6 Å². The lowest BCUT2D eigenvalue weighted by Crippen LogP contribution is -2.21. The van der Waals surface area contributed by atoms with Crippen molar-refractivity contribution in [3.63, 3.8) is 0 Å². The van der Waals surface area contributed by atoms with E-state index in [1.165, 1.54) is 5.56 Å². The predicted molar refractivity (Wildman–Crippen MR) is 88.9 cm³/mol. The lowest BCUT2D eigenvalue weighted by Gasteiger charge is -2.13. The Balaban J connectivity index is 2.01. The first-order valence-corrected chi connectivity index (χ1v) is 7.51. The summed E-state index contributed by atoms with van der Waals surface area (Å²) in [7, 11) is 0. The van der Waals surface area contributed by atoms with Gasteiger partial charge in [-0.25, -0.2) is 0 Å². The van der Waals surface area contributed by atoms with Gasteiger partial charge in [-0.1, -0.05) is 29.8 Å². The molecule has 0 saturated heterocycles. The Hall–Kier alpha value is -1.81. The molecule has 1 amide bonds. The van der Waals surface area contributed by atoms with Crippen LogP contribution >= 0.6 is 15.9 Å². The summed E-state index contributed by atoms with van der Waals surface area (Å²) in [6.07, 6.45) is 0. The van der Waals surface area contributed by atoms with Crippen LogP contribution in [0, 0.1) is 20.8 Å². The van der Waals surface area contributed by atoms with Gasteiger partial charge in [0.15, 0.2) is 6.61 Å². The topological polar surface area (TPSA) is 38.3 Å². The minimum absolute atomic E-state index is 0.0185. The zero-order valence-electron chi connectivity index (χ0n) is 12.4. The summed E-state index contributed by atoms with van der Waals surface area (Å²) in [4.78, 5) is 12.0. The van der Waals surface area contributed by atoms with Crippen LogP contribution in [-0.2, 0) is 4.79 Å². The Labute approximate surface area is 133 Å². The van der Waals surface area contributed by atoms with Crippen LogP contribution in [0.2, 0.25) is 0 Å². The van der Waals surface area contributed by atoms with Crippen molar-refractivity contribution >= 4 is 27.5 Å². The summed E-state index contributed by atoms with van der Waals surface area (Å²) in [6, 6.07) is 11.6. The fourth-order valence-corrected chi connectivity index (χ4v) is 2.66. The van der Waals surface area contributed by atoms with E-state index in [1.54, 1.807) is 0 Å². The lowest BCUT2D eigenvalue weighted by atomic mass is 10.1. The van der Waals surface area contributed by atoms with E-state index in [-0.39, 0.29) is 12.5 Å². The lowest BCUT2D eigenvalue weighted by molar-refractivity contribution is -0.118. The third kappa shape index (κ3) is 4.08. The van der Waals surface area contributed by atoms with Gasteiger partial charge in [-0.05, 0) is 60.0 Å². The number of carbonyl (C=O) groups is 1. The SMILES string of the molecule is Cc1cc(C)c(NC(=O)COc2ccccc2Br)c(C)c1. The third-order valence-electron chi connectivity index (χ3n) is 3.14. The standard InChI is InChI=1S/C17H18BrNO2/c1-11-8-12(2)17(13(3)9-11)19-16(20)10-21-15-7-5-4-6-14(15)18/h4-9H,10H2,1-3H3,(H,19,20). The van der Waals surface area contributed by atoms with Gasteiger partial charge in [0, 0.05) is 5.69 Å². The van der Waals surface area contributed by atoms with Crippen LogP contribution in [-0.4, -0.2) is 12.5 Å². The number of ether oxygens (including phenoxy) is 1. The van der Waals surface area contributed by atoms with E-state index in [0.717, 1.165) is 21.3 Å². The molecule has 0 aliphatic rings. The number of hydrogen-bond acceptors (Lipinski definition) is 2. The number of carbonyl (C=O) groups excluding carboxylic acids is 1. The van der Waals surface area contributed by atoms with Gasteiger partial charge in [0.2, 0.25) is 0 Å². The first kappa shape index (κ1) is 15.6. The molecule has 0 aliphatic carbocycles. The van der Waals surface area contributed by atoms with Crippen LogP contribution in [0.15, 0.2) is 40.9 Å². The van der Waals surface area contributed by atoms with E-state index in [1.807, 2.05) is 45.0 Å². The first-order chi connectivity index (χ1) is 9.97. The molecule has 0 bridgehead atoms. The van der Waals surface area contributed by atoms with Crippen molar-refractivity contribution in [2.24, 2.45) is 0 Å². The third-order valence-corrected chi connectivity index (χ3v) is 3.79. The van der Waals surface area contributed by atoms with E-state index in [9.17, 15) is 4.79 Å². The number of halogens is 1. The van der Waals surface area contributed by atoms with Crippen molar-refractivity contribution in [2.45, 2.75) is 20.8 Å². The number of aryl methyl sites for hydroxylation is 3. The monoisotopic (exact) mass is 347 g/mol. The maximum atomic E-state index is 12.0. The molecule has 1 N–H and O–H groups in total. The minimum Gasteiger partial charge on any atom is -0.483 e. The van der Waals surface area contributed by atoms with Crippen LogP contribution in [0.4, 0.5) is 5.69 Å². The summed E-state index contributed by atoms with van der Waals surface area (Å²) in [5, 5.41) is 2.92. The van der Waals surface area contributed by atoms with Crippen molar-refractivity contribution < 1.29 is 9.53 Å². The van der Waals surface area contributed by atoms with Gasteiger partial charge < -0.3 is 10.1 Å². The zero-order valence-corrected chi connectivity index (χ0v) is 14.0. The van der Waals surface area contributed by atoms with Crippen LogP contribution in [0.3, 0.4) is 0 Å². The second kappa shape index (κ2) is 6.76. The molecule has 2 rings (SSSR count). The second-order valence-corrected chi connectivity index (χ2v) is 5.90. The fourth-order valence-electron chi connectivity index (χ4n) is 2.26. The number of amides is 1. The summed E-state index contributed by atoms with van der Waals surface area (Å²) in [5.74, 6) is 0.491. The summed E-state index contributed by atoms with van der Waals surface area (Å²) >= 11 is 3.39. The Morgan fingerprint density at radius 2 is 1.76 bits per heavy atom. The molecule has 0 aromatic heterocycles. The van der Waals surface area contributed by atoms with Crippen molar-refractivity contribution in [3.8, 4) is 5.75 Å². The van der Waals surface area contributed by atoms with E-state index >= 15 is 0 Å². The van der Waals surface area contributed by atoms with Gasteiger partial charge in [0.05, 0.1) is 4.47 Å². The Kier molecular flexibility index (Phi) is 5.02. The van der Waals surface area contributed by atoms with Gasteiger partial charge in [0.1, 0.15) is 5.75 Å². The fraction of sp³-hybridized carbons (Fsp3) is 0.235. The van der Waals surface area contributed by atoms with Gasteiger partial charge in [-0.3, -0.25) is 4.79 Å². The average molecular weight is 348 g/mol. The molecular weight excluding hydrogens is 330 g/mol. The molecule has 110 valence electrons. The highest BCUT2D eigenvalue weighted by atomic mass is 79.9. The van der Waals surface area contributed by atoms with Gasteiger partial charge in [-0.15, -0.1) is 0 Å². The molecule has 0 aliphatic heterocycles. The number of para-hydroxylation sites is 1. The molecule has 0 atom stereocenters. The van der Waals surface area contributed by atoms with Gasteiger partial charge in [0.25, 0.3) is 5.91 Å². The molecular formula is C17H18BrNO2. The quantitative estimate of drug-likeness (QED) is 0.890. The minimum atomic E-state index is -0.166. The van der Waals surface area contributed by atoms with Gasteiger partial charge >= 0.3 is 0 Å². The molecule has 0 heterocycles. The number of hydrogen-bond donors (Lipinski definition) is 1. The summed E-state index contributed by atoms with van der Waals surface area (Å²) in [6.45, 7) is 6.01. The summed E-state index contributed by atoms with van der Waals surface area (Å²) < 4.78 is 6.35. The average Bonchev–Trinajstić information content (AvgIpc) is 2.42. The largest absolute Gasteiger partial charge is 0.483 e. The molecule has 0 unspecified atom stereocenters. The Bertz CT molecular complexity index is 645. The molecule has 0 spiro atoms. The van der Waals surface area contributed by atoms with Crippen LogP contribution < -0.4 is 10.1 Å². The first-order valence-electron chi connectivity index (χ1n) is 6.72. The maximum Gasteiger partial charge on any atom is 0.262 e. The van der Waals surface area contributed by atoms with Crippen molar-refractivity contribution in [2.75, 3.05) is 11.9 Å². The Morgan fingerprint density at radius 1 is 1.14 bits per heavy atom. The zero-order chi connectivity index (χ0) is 15.4. The van der Waals surface area contributed by atoms with Crippen LogP contribution in [0.1, 0.15) is 16.7 Å². The smallest absolute Gasteiger partial charge is 0.262 e. The molecule has 2 aromatic rings. The van der Waals surface area contributed by atoms with E-state index in [4.69, 9.17) is 4.74 Å². The molecule has 0 radical (unpaired) electrons. The molecule has 21 heavy (non-hydrogen) atoms. The van der Waals surface area contributed by atoms with Crippen molar-refractivity contribution in [1.82, 2.24) is 0 Å². The number of benzene rings is 2. The summed E-state index contributed by atoms with van der Waals surface area (Å²) in [5.41, 5.74) is 4.16. The maximum absolute atomic E-state index is 12.0. The van der Waals surface area contributed by atoms with E-state index in [0.29, 0.717) is 5.75 Å². The second-order valence-electron chi connectivity index (χ2n) is 5.04. The number of rotatable bonds is 4. The highest BCUT2D eigenvalue weighted by Gasteiger charge is 2.09. The van der Waals surface area contributed by atoms with E-state index in [2.05, 4.69) is 33.4 Å². The highest BCUT2D eigenvalue weighted by molar-refractivity contribution is 9.10. The normalized spacial score (nSPS) is 10.3. The van der Waals surface area contributed by atoms with Crippen LogP contribution in [0.25, 0.3) is 0 Å². The molecule has 4 heteroatoms. The Morgan fingerprint density at radius 3 is 2.38 bits per heavy atom. The molecule has 0 fully saturated rings.